The van der Waals surface area contributed by atoms with Crippen LogP contribution in [0.3, 0.4) is 0 Å². The van der Waals surface area contributed by atoms with Gasteiger partial charge in [0, 0.05) is 25.4 Å². The first-order chi connectivity index (χ1) is 8.90. The molecule has 0 amide bonds. The van der Waals surface area contributed by atoms with Gasteiger partial charge in [-0.1, -0.05) is 19.1 Å². The standard InChI is InChI=1S/C15H19N3/c1-2-4-15-17-9-10-18(15)14-6-3-5-12-7-8-16-11-13(12)14/h3,5-6,9-10,16H,2,4,7-8,11H2,1H3. The maximum atomic E-state index is 4.47. The Morgan fingerprint density at radius 3 is 3.22 bits per heavy atom. The number of aryl methyl sites for hydroxylation is 1. The molecule has 0 aliphatic carbocycles. The first kappa shape index (κ1) is 11.5. The second-order valence-corrected chi connectivity index (χ2v) is 4.81. The van der Waals surface area contributed by atoms with Gasteiger partial charge >= 0.3 is 0 Å². The Kier molecular flexibility index (Phi) is 3.15. The van der Waals surface area contributed by atoms with E-state index >= 15 is 0 Å². The molecule has 1 aliphatic rings. The molecule has 0 saturated carbocycles. The van der Waals surface area contributed by atoms with Crippen molar-refractivity contribution in [3.8, 4) is 5.69 Å². The maximum Gasteiger partial charge on any atom is 0.113 e. The van der Waals surface area contributed by atoms with Crippen LogP contribution in [0.2, 0.25) is 0 Å². The van der Waals surface area contributed by atoms with Crippen LogP contribution < -0.4 is 5.32 Å². The van der Waals surface area contributed by atoms with Crippen molar-refractivity contribution in [1.82, 2.24) is 14.9 Å². The summed E-state index contributed by atoms with van der Waals surface area (Å²) >= 11 is 0. The van der Waals surface area contributed by atoms with Crippen molar-refractivity contribution >= 4 is 0 Å². The molecule has 0 spiro atoms. The number of nitrogens with one attached hydrogen (secondary N) is 1. The molecule has 94 valence electrons. The van der Waals surface area contributed by atoms with E-state index in [1.807, 2.05) is 6.20 Å². The zero-order valence-corrected chi connectivity index (χ0v) is 10.8. The van der Waals surface area contributed by atoms with Gasteiger partial charge in [0.15, 0.2) is 0 Å². The summed E-state index contributed by atoms with van der Waals surface area (Å²) in [7, 11) is 0. The number of nitrogens with zero attached hydrogens (tertiary/aromatic N) is 2. The molecule has 2 aromatic rings. The molecule has 0 saturated heterocycles. The van der Waals surface area contributed by atoms with Crippen LogP contribution in [0.25, 0.3) is 5.69 Å². The summed E-state index contributed by atoms with van der Waals surface area (Å²) in [6, 6.07) is 6.61. The third kappa shape index (κ3) is 1.95. The summed E-state index contributed by atoms with van der Waals surface area (Å²) in [6.07, 6.45) is 7.27. The average molecular weight is 241 g/mol. The van der Waals surface area contributed by atoms with E-state index in [-0.39, 0.29) is 0 Å². The molecule has 0 bridgehead atoms. The summed E-state index contributed by atoms with van der Waals surface area (Å²) in [5, 5.41) is 3.46. The van der Waals surface area contributed by atoms with E-state index in [0.717, 1.165) is 38.2 Å². The van der Waals surface area contributed by atoms with Gasteiger partial charge in [0.05, 0.1) is 5.69 Å². The fourth-order valence-corrected chi connectivity index (χ4v) is 2.68. The van der Waals surface area contributed by atoms with Crippen LogP contribution in [-0.4, -0.2) is 16.1 Å². The van der Waals surface area contributed by atoms with E-state index < -0.39 is 0 Å². The average Bonchev–Trinajstić information content (AvgIpc) is 2.87. The minimum absolute atomic E-state index is 0.968. The van der Waals surface area contributed by atoms with Gasteiger partial charge in [0.2, 0.25) is 0 Å². The van der Waals surface area contributed by atoms with E-state index in [1.165, 1.54) is 16.8 Å². The van der Waals surface area contributed by atoms with E-state index in [9.17, 15) is 0 Å². The lowest BCUT2D eigenvalue weighted by Crippen LogP contribution is -2.25. The topological polar surface area (TPSA) is 29.9 Å². The van der Waals surface area contributed by atoms with Gasteiger partial charge < -0.3 is 9.88 Å². The highest BCUT2D eigenvalue weighted by Crippen LogP contribution is 2.23. The molecule has 3 rings (SSSR count). The third-order valence-corrected chi connectivity index (χ3v) is 3.57. The normalized spacial score (nSPS) is 14.5. The third-order valence-electron chi connectivity index (χ3n) is 3.57. The summed E-state index contributed by atoms with van der Waals surface area (Å²) < 4.78 is 2.25. The fourth-order valence-electron chi connectivity index (χ4n) is 2.68. The monoisotopic (exact) mass is 241 g/mol. The Bertz CT molecular complexity index is 542. The minimum Gasteiger partial charge on any atom is -0.312 e. The second kappa shape index (κ2) is 4.94. The van der Waals surface area contributed by atoms with Crippen molar-refractivity contribution in [3.05, 3.63) is 47.5 Å². The SMILES string of the molecule is CCCc1nccn1-c1cccc2c1CNCC2. The molecule has 18 heavy (non-hydrogen) atoms. The largest absolute Gasteiger partial charge is 0.312 e. The van der Waals surface area contributed by atoms with Crippen LogP contribution in [0.5, 0.6) is 0 Å². The quantitative estimate of drug-likeness (QED) is 0.894. The lowest BCUT2D eigenvalue weighted by molar-refractivity contribution is 0.638. The van der Waals surface area contributed by atoms with Crippen LogP contribution in [-0.2, 0) is 19.4 Å². The van der Waals surface area contributed by atoms with E-state index in [0.29, 0.717) is 0 Å². The van der Waals surface area contributed by atoms with E-state index in [4.69, 9.17) is 0 Å². The van der Waals surface area contributed by atoms with Crippen LogP contribution in [0.1, 0.15) is 30.3 Å². The van der Waals surface area contributed by atoms with Gasteiger partial charge in [-0.2, -0.15) is 0 Å². The first-order valence-electron chi connectivity index (χ1n) is 6.74. The fraction of sp³-hybridized carbons (Fsp3) is 0.400. The molecule has 1 aliphatic heterocycles. The molecule has 3 heteroatoms. The predicted octanol–water partition coefficient (Wildman–Crippen LogP) is 2.47. The molecule has 1 N–H and O–H groups in total. The zero-order chi connectivity index (χ0) is 12.4. The van der Waals surface area contributed by atoms with E-state index in [1.54, 1.807) is 0 Å². The summed E-state index contributed by atoms with van der Waals surface area (Å²) in [4.78, 5) is 4.47. The number of rotatable bonds is 3. The van der Waals surface area contributed by atoms with Crippen molar-refractivity contribution in [2.24, 2.45) is 0 Å². The van der Waals surface area contributed by atoms with E-state index in [2.05, 4.69) is 46.2 Å². The Labute approximate surface area is 108 Å². The van der Waals surface area contributed by atoms with Gasteiger partial charge in [0.25, 0.3) is 0 Å². The van der Waals surface area contributed by atoms with Gasteiger partial charge in [-0.05, 0) is 36.6 Å². The number of benzene rings is 1. The Hall–Kier alpha value is -1.61. The van der Waals surface area contributed by atoms with Gasteiger partial charge in [-0.25, -0.2) is 4.98 Å². The molecule has 2 heterocycles. The molecular weight excluding hydrogens is 222 g/mol. The lowest BCUT2D eigenvalue weighted by Gasteiger charge is -2.21. The molecule has 3 nitrogen and oxygen atoms in total. The van der Waals surface area contributed by atoms with Crippen molar-refractivity contribution in [1.29, 1.82) is 0 Å². The van der Waals surface area contributed by atoms with Crippen LogP contribution >= 0.6 is 0 Å². The molecule has 0 atom stereocenters. The molecule has 0 radical (unpaired) electrons. The van der Waals surface area contributed by atoms with Gasteiger partial charge in [-0.15, -0.1) is 0 Å². The number of fused-ring (bicyclic) bond motifs is 1. The zero-order valence-electron chi connectivity index (χ0n) is 10.8. The van der Waals surface area contributed by atoms with Crippen LogP contribution in [0, 0.1) is 0 Å². The Balaban J connectivity index is 2.08. The molecule has 1 aromatic carbocycles. The summed E-state index contributed by atoms with van der Waals surface area (Å²) in [6.45, 7) is 4.25. The Morgan fingerprint density at radius 1 is 1.39 bits per heavy atom. The highest BCUT2D eigenvalue weighted by molar-refractivity contribution is 5.48. The number of aromatic nitrogens is 2. The van der Waals surface area contributed by atoms with Crippen molar-refractivity contribution < 1.29 is 0 Å². The minimum atomic E-state index is 0.968. The van der Waals surface area contributed by atoms with Gasteiger partial charge in [0.1, 0.15) is 5.82 Å². The Morgan fingerprint density at radius 2 is 2.33 bits per heavy atom. The summed E-state index contributed by atoms with van der Waals surface area (Å²) in [5.41, 5.74) is 4.20. The summed E-state index contributed by atoms with van der Waals surface area (Å²) in [5.74, 6) is 1.16. The van der Waals surface area contributed by atoms with Crippen molar-refractivity contribution in [2.75, 3.05) is 6.54 Å². The van der Waals surface area contributed by atoms with Gasteiger partial charge in [-0.3, -0.25) is 0 Å². The van der Waals surface area contributed by atoms with Crippen molar-refractivity contribution in [3.63, 3.8) is 0 Å². The maximum absolute atomic E-state index is 4.47. The molecule has 0 unspecified atom stereocenters. The lowest BCUT2D eigenvalue weighted by atomic mass is 9.99. The second-order valence-electron chi connectivity index (χ2n) is 4.81. The number of hydrogen-bond acceptors (Lipinski definition) is 2. The molecule has 0 fully saturated rings. The van der Waals surface area contributed by atoms with Crippen LogP contribution in [0.15, 0.2) is 30.6 Å². The van der Waals surface area contributed by atoms with Crippen LogP contribution in [0.4, 0.5) is 0 Å². The highest BCUT2D eigenvalue weighted by atomic mass is 15.1. The predicted molar refractivity (Wildman–Crippen MR) is 73.0 cm³/mol. The molecule has 1 aromatic heterocycles. The first-order valence-corrected chi connectivity index (χ1v) is 6.74. The van der Waals surface area contributed by atoms with Crippen molar-refractivity contribution in [2.45, 2.75) is 32.7 Å². The number of imidazole rings is 1. The molecular formula is C15H19N3. The smallest absolute Gasteiger partial charge is 0.113 e. The number of hydrogen-bond donors (Lipinski definition) is 1. The highest BCUT2D eigenvalue weighted by Gasteiger charge is 2.14.